The lowest BCUT2D eigenvalue weighted by Gasteiger charge is -2.21. The van der Waals surface area contributed by atoms with Crippen molar-refractivity contribution in [3.63, 3.8) is 0 Å². The summed E-state index contributed by atoms with van der Waals surface area (Å²) < 4.78 is 0. The average Bonchev–Trinajstić information content (AvgIpc) is 3.09. The summed E-state index contributed by atoms with van der Waals surface area (Å²) in [5, 5.41) is 13.8. The Hall–Kier alpha value is -1.40. The zero-order chi connectivity index (χ0) is 15.2. The highest BCUT2D eigenvalue weighted by Gasteiger charge is 2.28. The molecule has 0 radical (unpaired) electrons. The Morgan fingerprint density at radius 2 is 2.38 bits per heavy atom. The molecule has 1 aliphatic heterocycles. The number of likely N-dealkylation sites (tertiary alicyclic amines) is 1. The van der Waals surface area contributed by atoms with Crippen LogP contribution >= 0.6 is 11.3 Å². The van der Waals surface area contributed by atoms with Crippen LogP contribution in [0.5, 0.6) is 0 Å². The normalized spacial score (nSPS) is 19.5. The molecule has 2 rings (SSSR count). The number of aliphatic hydroxyl groups excluding tert-OH is 1. The number of hydrogen-bond donors (Lipinski definition) is 2. The van der Waals surface area contributed by atoms with Gasteiger partial charge in [0.2, 0.25) is 11.8 Å². The van der Waals surface area contributed by atoms with Crippen LogP contribution in [-0.2, 0) is 9.59 Å². The molecule has 5 nitrogen and oxygen atoms in total. The van der Waals surface area contributed by atoms with E-state index in [1.165, 1.54) is 6.92 Å². The number of carbonyl (C=O) groups excluding carboxylic acids is 2. The summed E-state index contributed by atoms with van der Waals surface area (Å²) in [5.74, 6) is 0.350. The van der Waals surface area contributed by atoms with Crippen molar-refractivity contribution in [3.8, 4) is 0 Å². The van der Waals surface area contributed by atoms with Crippen molar-refractivity contribution < 1.29 is 14.7 Å². The molecule has 21 heavy (non-hydrogen) atoms. The van der Waals surface area contributed by atoms with E-state index in [0.29, 0.717) is 12.3 Å². The van der Waals surface area contributed by atoms with E-state index >= 15 is 0 Å². The Labute approximate surface area is 129 Å². The van der Waals surface area contributed by atoms with Crippen molar-refractivity contribution in [2.45, 2.75) is 32.2 Å². The molecule has 2 N–H and O–H groups in total. The van der Waals surface area contributed by atoms with Gasteiger partial charge in [0, 0.05) is 31.5 Å². The molecule has 116 valence electrons. The van der Waals surface area contributed by atoms with Crippen molar-refractivity contribution in [1.82, 2.24) is 10.2 Å². The summed E-state index contributed by atoms with van der Waals surface area (Å²) in [5.41, 5.74) is 0. The molecule has 1 aliphatic rings. The van der Waals surface area contributed by atoms with E-state index in [2.05, 4.69) is 5.32 Å². The molecule has 1 saturated heterocycles. The van der Waals surface area contributed by atoms with Crippen LogP contribution in [0.3, 0.4) is 0 Å². The van der Waals surface area contributed by atoms with Crippen LogP contribution in [-0.4, -0.2) is 41.5 Å². The molecular formula is C15H22N2O3S. The van der Waals surface area contributed by atoms with Gasteiger partial charge in [-0.25, -0.2) is 0 Å². The third-order valence-electron chi connectivity index (χ3n) is 3.82. The largest absolute Gasteiger partial charge is 0.396 e. The second-order valence-corrected chi connectivity index (χ2v) is 6.46. The molecule has 1 fully saturated rings. The van der Waals surface area contributed by atoms with Crippen LogP contribution in [0.4, 0.5) is 0 Å². The number of nitrogens with zero attached hydrogens (tertiary/aromatic N) is 1. The first-order chi connectivity index (χ1) is 10.1. The summed E-state index contributed by atoms with van der Waals surface area (Å²) in [6.07, 6.45) is 2.01. The van der Waals surface area contributed by atoms with Crippen LogP contribution in [0.2, 0.25) is 0 Å². The maximum atomic E-state index is 12.4. The van der Waals surface area contributed by atoms with E-state index in [0.717, 1.165) is 30.8 Å². The fourth-order valence-electron chi connectivity index (χ4n) is 2.74. The molecular weight excluding hydrogens is 288 g/mol. The summed E-state index contributed by atoms with van der Waals surface area (Å²) >= 11 is 1.55. The number of aliphatic hydroxyl groups is 1. The highest BCUT2D eigenvalue weighted by atomic mass is 32.1. The van der Waals surface area contributed by atoms with E-state index in [1.807, 2.05) is 22.4 Å². The zero-order valence-corrected chi connectivity index (χ0v) is 13.1. The summed E-state index contributed by atoms with van der Waals surface area (Å²) in [6.45, 7) is 3.12. The molecule has 2 heterocycles. The minimum Gasteiger partial charge on any atom is -0.396 e. The fourth-order valence-corrected chi connectivity index (χ4v) is 3.52. The summed E-state index contributed by atoms with van der Waals surface area (Å²) in [7, 11) is 0. The van der Waals surface area contributed by atoms with Crippen LogP contribution in [0.25, 0.3) is 0 Å². The number of nitrogens with one attached hydrogen (secondary N) is 1. The standard InChI is InChI=1S/C15H22N2O3S/c1-11(19)16-13(14-3-2-8-21-14)9-15(20)17-6-4-12(10-17)5-7-18/h2-3,8,12-13,18H,4-7,9-10H2,1H3,(H,16,19). The van der Waals surface area contributed by atoms with Gasteiger partial charge in [-0.15, -0.1) is 11.3 Å². The van der Waals surface area contributed by atoms with Gasteiger partial charge in [-0.2, -0.15) is 0 Å². The number of hydrogen-bond acceptors (Lipinski definition) is 4. The second kappa shape index (κ2) is 7.56. The molecule has 2 unspecified atom stereocenters. The highest BCUT2D eigenvalue weighted by molar-refractivity contribution is 7.10. The van der Waals surface area contributed by atoms with E-state index < -0.39 is 0 Å². The van der Waals surface area contributed by atoms with Gasteiger partial charge in [0.25, 0.3) is 0 Å². The van der Waals surface area contributed by atoms with Crippen molar-refractivity contribution in [2.75, 3.05) is 19.7 Å². The minimum absolute atomic E-state index is 0.0718. The van der Waals surface area contributed by atoms with Gasteiger partial charge < -0.3 is 15.3 Å². The lowest BCUT2D eigenvalue weighted by molar-refractivity contribution is -0.131. The summed E-state index contributed by atoms with van der Waals surface area (Å²) in [4.78, 5) is 26.6. The molecule has 6 heteroatoms. The third-order valence-corrected chi connectivity index (χ3v) is 4.80. The number of rotatable bonds is 6. The first kappa shape index (κ1) is 16.0. The van der Waals surface area contributed by atoms with Gasteiger partial charge in [-0.3, -0.25) is 9.59 Å². The molecule has 1 aromatic rings. The Morgan fingerprint density at radius 1 is 1.57 bits per heavy atom. The van der Waals surface area contributed by atoms with Gasteiger partial charge in [0.05, 0.1) is 12.5 Å². The lowest BCUT2D eigenvalue weighted by Crippen LogP contribution is -2.34. The van der Waals surface area contributed by atoms with E-state index in [9.17, 15) is 9.59 Å². The Morgan fingerprint density at radius 3 is 3.00 bits per heavy atom. The van der Waals surface area contributed by atoms with Gasteiger partial charge >= 0.3 is 0 Å². The molecule has 0 aromatic carbocycles. The highest BCUT2D eigenvalue weighted by Crippen LogP contribution is 2.25. The van der Waals surface area contributed by atoms with E-state index in [-0.39, 0.29) is 24.5 Å². The molecule has 2 amide bonds. The second-order valence-electron chi connectivity index (χ2n) is 5.48. The smallest absolute Gasteiger partial charge is 0.225 e. The zero-order valence-electron chi connectivity index (χ0n) is 12.2. The molecule has 2 atom stereocenters. The predicted molar refractivity (Wildman–Crippen MR) is 81.9 cm³/mol. The molecule has 1 aromatic heterocycles. The van der Waals surface area contributed by atoms with Crippen LogP contribution in [0, 0.1) is 5.92 Å². The summed E-state index contributed by atoms with van der Waals surface area (Å²) in [6, 6.07) is 3.62. The van der Waals surface area contributed by atoms with Crippen LogP contribution in [0.15, 0.2) is 17.5 Å². The van der Waals surface area contributed by atoms with Gasteiger partial charge in [0.1, 0.15) is 0 Å². The number of amides is 2. The lowest BCUT2D eigenvalue weighted by atomic mass is 10.1. The SMILES string of the molecule is CC(=O)NC(CC(=O)N1CCC(CCO)C1)c1cccs1. The Kier molecular flexibility index (Phi) is 5.76. The third kappa shape index (κ3) is 4.54. The average molecular weight is 310 g/mol. The molecule has 0 spiro atoms. The number of thiophene rings is 1. The maximum Gasteiger partial charge on any atom is 0.225 e. The predicted octanol–water partition coefficient (Wildman–Crippen LogP) is 1.55. The van der Waals surface area contributed by atoms with Crippen LogP contribution in [0.1, 0.15) is 37.1 Å². The van der Waals surface area contributed by atoms with Gasteiger partial charge in [-0.1, -0.05) is 6.07 Å². The Bertz CT molecular complexity index is 475. The minimum atomic E-state index is -0.244. The van der Waals surface area contributed by atoms with E-state index in [4.69, 9.17) is 5.11 Å². The van der Waals surface area contributed by atoms with Gasteiger partial charge in [-0.05, 0) is 30.2 Å². The first-order valence-electron chi connectivity index (χ1n) is 7.29. The van der Waals surface area contributed by atoms with Crippen LogP contribution < -0.4 is 5.32 Å². The molecule has 0 saturated carbocycles. The van der Waals surface area contributed by atoms with Gasteiger partial charge in [0.15, 0.2) is 0 Å². The first-order valence-corrected chi connectivity index (χ1v) is 8.17. The topological polar surface area (TPSA) is 69.6 Å². The number of carbonyl (C=O) groups is 2. The van der Waals surface area contributed by atoms with Crippen molar-refractivity contribution in [1.29, 1.82) is 0 Å². The quantitative estimate of drug-likeness (QED) is 0.837. The van der Waals surface area contributed by atoms with Crippen molar-refractivity contribution in [3.05, 3.63) is 22.4 Å². The maximum absolute atomic E-state index is 12.4. The molecule has 0 bridgehead atoms. The monoisotopic (exact) mass is 310 g/mol. The van der Waals surface area contributed by atoms with Crippen molar-refractivity contribution >= 4 is 23.2 Å². The fraction of sp³-hybridized carbons (Fsp3) is 0.600. The molecule has 0 aliphatic carbocycles. The van der Waals surface area contributed by atoms with Crippen molar-refractivity contribution in [2.24, 2.45) is 5.92 Å². The Balaban J connectivity index is 1.94. The van der Waals surface area contributed by atoms with E-state index in [1.54, 1.807) is 11.3 Å².